The van der Waals surface area contributed by atoms with Crippen LogP contribution in [0.2, 0.25) is 0 Å². The molecular weight excluding hydrogens is 302 g/mol. The maximum Gasteiger partial charge on any atom is 0.410 e. The highest BCUT2D eigenvalue weighted by atomic mass is 32.1. The lowest BCUT2D eigenvalue weighted by Gasteiger charge is -2.30. The Balaban J connectivity index is 2.01. The van der Waals surface area contributed by atoms with E-state index in [0.29, 0.717) is 4.88 Å². The number of ether oxygens (including phenoxy) is 1. The number of carbonyl (C=O) groups excluding carboxylic acids is 1. The van der Waals surface area contributed by atoms with Gasteiger partial charge in [0.25, 0.3) is 0 Å². The quantitative estimate of drug-likeness (QED) is 0.844. The number of amides is 1. The van der Waals surface area contributed by atoms with Crippen molar-refractivity contribution in [3.63, 3.8) is 0 Å². The number of thiophene rings is 1. The molecule has 0 aromatic carbocycles. The van der Waals surface area contributed by atoms with Crippen LogP contribution < -0.4 is 0 Å². The summed E-state index contributed by atoms with van der Waals surface area (Å²) in [6.45, 7) is 5.57. The minimum absolute atomic E-state index is 0.128. The standard InChI is InChI=1S/C16H23NO4S/c1-16(2,3)21-15(20)17(4)11-6-5-10-9-13(14(18)19)22-12(10)8-7-11/h9,11H,5-8H2,1-4H3,(H,18,19). The normalized spacial score (nSPS) is 18.3. The van der Waals surface area contributed by atoms with Crippen LogP contribution in [0.3, 0.4) is 0 Å². The van der Waals surface area contributed by atoms with Gasteiger partial charge in [-0.15, -0.1) is 11.3 Å². The fraction of sp³-hybridized carbons (Fsp3) is 0.625. The molecule has 1 atom stereocenters. The summed E-state index contributed by atoms with van der Waals surface area (Å²) in [5.74, 6) is -0.861. The van der Waals surface area contributed by atoms with Crippen LogP contribution >= 0.6 is 11.3 Å². The van der Waals surface area contributed by atoms with Gasteiger partial charge in [0.1, 0.15) is 10.5 Å². The average Bonchev–Trinajstić information content (AvgIpc) is 2.70. The van der Waals surface area contributed by atoms with Crippen molar-refractivity contribution in [2.24, 2.45) is 0 Å². The second kappa shape index (κ2) is 6.28. The Morgan fingerprint density at radius 1 is 1.32 bits per heavy atom. The van der Waals surface area contributed by atoms with E-state index in [-0.39, 0.29) is 12.1 Å². The van der Waals surface area contributed by atoms with Crippen molar-refractivity contribution in [3.8, 4) is 0 Å². The maximum atomic E-state index is 12.2. The van der Waals surface area contributed by atoms with Crippen LogP contribution in [-0.2, 0) is 17.6 Å². The number of hydrogen-bond donors (Lipinski definition) is 1. The van der Waals surface area contributed by atoms with Gasteiger partial charge in [0.05, 0.1) is 0 Å². The molecule has 122 valence electrons. The second-order valence-corrected chi connectivity index (χ2v) is 7.82. The highest BCUT2D eigenvalue weighted by Crippen LogP contribution is 2.30. The molecule has 5 nitrogen and oxygen atoms in total. The van der Waals surface area contributed by atoms with E-state index in [1.54, 1.807) is 18.0 Å². The van der Waals surface area contributed by atoms with Crippen molar-refractivity contribution < 1.29 is 19.4 Å². The zero-order valence-electron chi connectivity index (χ0n) is 13.5. The molecule has 0 radical (unpaired) electrons. The highest BCUT2D eigenvalue weighted by Gasteiger charge is 2.28. The predicted octanol–water partition coefficient (Wildman–Crippen LogP) is 3.56. The van der Waals surface area contributed by atoms with E-state index >= 15 is 0 Å². The molecular formula is C16H23NO4S. The molecule has 2 rings (SSSR count). The van der Waals surface area contributed by atoms with Gasteiger partial charge in [-0.2, -0.15) is 0 Å². The third kappa shape index (κ3) is 4.00. The summed E-state index contributed by atoms with van der Waals surface area (Å²) in [5, 5.41) is 9.07. The Hall–Kier alpha value is -1.56. The van der Waals surface area contributed by atoms with Crippen LogP contribution in [0, 0.1) is 0 Å². The molecule has 1 amide bonds. The molecule has 0 bridgehead atoms. The third-order valence-electron chi connectivity index (χ3n) is 3.79. The summed E-state index contributed by atoms with van der Waals surface area (Å²) >= 11 is 1.35. The van der Waals surface area contributed by atoms with Crippen molar-refractivity contribution in [2.75, 3.05) is 7.05 Å². The zero-order chi connectivity index (χ0) is 16.5. The Morgan fingerprint density at radius 3 is 2.55 bits per heavy atom. The van der Waals surface area contributed by atoms with Crippen LogP contribution in [0.1, 0.15) is 53.7 Å². The van der Waals surface area contributed by atoms with Crippen LogP contribution in [0.15, 0.2) is 6.07 Å². The highest BCUT2D eigenvalue weighted by molar-refractivity contribution is 7.14. The number of rotatable bonds is 2. The minimum Gasteiger partial charge on any atom is -0.477 e. The monoisotopic (exact) mass is 325 g/mol. The summed E-state index contributed by atoms with van der Waals surface area (Å²) in [4.78, 5) is 26.4. The summed E-state index contributed by atoms with van der Waals surface area (Å²) in [6, 6.07) is 1.90. The third-order valence-corrected chi connectivity index (χ3v) is 5.01. The van der Waals surface area contributed by atoms with E-state index in [1.165, 1.54) is 11.3 Å². The zero-order valence-corrected chi connectivity index (χ0v) is 14.3. The number of hydrogen-bond acceptors (Lipinski definition) is 4. The lowest BCUT2D eigenvalue weighted by Crippen LogP contribution is -2.40. The SMILES string of the molecule is CN(C(=O)OC(C)(C)C)C1CCc2cc(C(=O)O)sc2CC1. The van der Waals surface area contributed by atoms with Crippen LogP contribution in [0.25, 0.3) is 0 Å². The van der Waals surface area contributed by atoms with E-state index in [0.717, 1.165) is 36.1 Å². The summed E-state index contributed by atoms with van der Waals surface area (Å²) in [7, 11) is 1.78. The molecule has 1 N–H and O–H groups in total. The van der Waals surface area contributed by atoms with Crippen molar-refractivity contribution in [1.29, 1.82) is 0 Å². The lowest BCUT2D eigenvalue weighted by molar-refractivity contribution is 0.0209. The van der Waals surface area contributed by atoms with Gasteiger partial charge in [0, 0.05) is 18.0 Å². The van der Waals surface area contributed by atoms with Gasteiger partial charge in [-0.05, 0) is 58.1 Å². The van der Waals surface area contributed by atoms with Gasteiger partial charge in [0.15, 0.2) is 0 Å². The number of carboxylic acid groups (broad SMARTS) is 1. The average molecular weight is 325 g/mol. The molecule has 1 aromatic rings. The Kier molecular flexibility index (Phi) is 4.80. The van der Waals surface area contributed by atoms with Gasteiger partial charge in [-0.25, -0.2) is 9.59 Å². The Bertz CT molecular complexity index is 548. The molecule has 0 saturated heterocycles. The molecule has 22 heavy (non-hydrogen) atoms. The van der Waals surface area contributed by atoms with Crippen molar-refractivity contribution >= 4 is 23.4 Å². The number of nitrogens with zero attached hydrogens (tertiary/aromatic N) is 1. The summed E-state index contributed by atoms with van der Waals surface area (Å²) in [5.41, 5.74) is 0.618. The van der Waals surface area contributed by atoms with Crippen molar-refractivity contribution in [1.82, 2.24) is 4.90 Å². The molecule has 0 saturated carbocycles. The molecule has 1 aromatic heterocycles. The van der Waals surface area contributed by atoms with E-state index in [4.69, 9.17) is 9.84 Å². The molecule has 1 aliphatic rings. The van der Waals surface area contributed by atoms with E-state index in [9.17, 15) is 9.59 Å². The Morgan fingerprint density at radius 2 is 1.95 bits per heavy atom. The first-order valence-corrected chi connectivity index (χ1v) is 8.29. The molecule has 1 unspecified atom stereocenters. The van der Waals surface area contributed by atoms with Crippen LogP contribution in [-0.4, -0.2) is 40.8 Å². The molecule has 6 heteroatoms. The van der Waals surface area contributed by atoms with Gasteiger partial charge >= 0.3 is 12.1 Å². The second-order valence-electron chi connectivity index (χ2n) is 6.69. The number of carboxylic acids is 1. The number of carbonyl (C=O) groups is 2. The fourth-order valence-electron chi connectivity index (χ4n) is 2.63. The summed E-state index contributed by atoms with van der Waals surface area (Å²) in [6.07, 6.45) is 2.98. The minimum atomic E-state index is -0.861. The van der Waals surface area contributed by atoms with Crippen molar-refractivity contribution in [2.45, 2.75) is 58.1 Å². The lowest BCUT2D eigenvalue weighted by atomic mass is 10.1. The Labute approximate surface area is 134 Å². The predicted molar refractivity (Wildman–Crippen MR) is 85.7 cm³/mol. The van der Waals surface area contributed by atoms with Gasteiger partial charge < -0.3 is 14.7 Å². The number of aromatic carboxylic acids is 1. The topological polar surface area (TPSA) is 66.8 Å². The molecule has 0 aliphatic heterocycles. The smallest absolute Gasteiger partial charge is 0.410 e. The molecule has 1 heterocycles. The molecule has 1 aliphatic carbocycles. The fourth-order valence-corrected chi connectivity index (χ4v) is 3.70. The van der Waals surface area contributed by atoms with E-state index < -0.39 is 11.6 Å². The first kappa shape index (κ1) is 16.8. The number of aryl methyl sites for hydroxylation is 2. The first-order chi connectivity index (χ1) is 10.2. The van der Waals surface area contributed by atoms with Gasteiger partial charge in [-0.3, -0.25) is 0 Å². The number of fused-ring (bicyclic) bond motifs is 1. The van der Waals surface area contributed by atoms with Crippen molar-refractivity contribution in [3.05, 3.63) is 21.4 Å². The van der Waals surface area contributed by atoms with E-state index in [1.807, 2.05) is 20.8 Å². The van der Waals surface area contributed by atoms with Gasteiger partial charge in [0.2, 0.25) is 0 Å². The largest absolute Gasteiger partial charge is 0.477 e. The molecule has 0 fully saturated rings. The molecule has 0 spiro atoms. The van der Waals surface area contributed by atoms with Crippen LogP contribution in [0.4, 0.5) is 4.79 Å². The van der Waals surface area contributed by atoms with E-state index in [2.05, 4.69) is 0 Å². The maximum absolute atomic E-state index is 12.2. The van der Waals surface area contributed by atoms with Crippen LogP contribution in [0.5, 0.6) is 0 Å². The van der Waals surface area contributed by atoms with Gasteiger partial charge in [-0.1, -0.05) is 0 Å². The first-order valence-electron chi connectivity index (χ1n) is 7.48. The summed E-state index contributed by atoms with van der Waals surface area (Å²) < 4.78 is 5.41.